The second-order valence-corrected chi connectivity index (χ2v) is 10.9. The molecule has 3 atom stereocenters. The number of aliphatic hydroxyl groups is 3. The van der Waals surface area contributed by atoms with Gasteiger partial charge in [0.25, 0.3) is 0 Å². The van der Waals surface area contributed by atoms with Gasteiger partial charge in [-0.3, -0.25) is 0 Å². The van der Waals surface area contributed by atoms with Crippen LogP contribution < -0.4 is 0 Å². The lowest BCUT2D eigenvalue weighted by molar-refractivity contribution is 0.186. The van der Waals surface area contributed by atoms with E-state index in [4.69, 9.17) is 0 Å². The molecule has 0 aliphatic heterocycles. The molecule has 0 saturated carbocycles. The first kappa shape index (κ1) is 39.5. The summed E-state index contributed by atoms with van der Waals surface area (Å²) >= 11 is 0. The molecule has 3 unspecified atom stereocenters. The normalized spacial score (nSPS) is 13.6. The van der Waals surface area contributed by atoms with Crippen LogP contribution >= 0.6 is 0 Å². The largest absolute Gasteiger partial charge is 0.383 e. The Hall–Kier alpha value is -4.29. The minimum Gasteiger partial charge on any atom is -0.383 e. The van der Waals surface area contributed by atoms with Crippen LogP contribution in [0.15, 0.2) is 0 Å². The van der Waals surface area contributed by atoms with Crippen molar-refractivity contribution in [1.82, 2.24) is 0 Å². The highest BCUT2D eigenvalue weighted by molar-refractivity contribution is 5.59. The zero-order valence-corrected chi connectivity index (χ0v) is 25.9. The minimum absolute atomic E-state index is 0.692. The summed E-state index contributed by atoms with van der Waals surface area (Å²) in [6.07, 6.45) is -11.4. The molecule has 0 bridgehead atoms. The van der Waals surface area contributed by atoms with Gasteiger partial charge in [-0.05, 0) is 52.6 Å². The lowest BCUT2D eigenvalue weighted by atomic mass is 9.75. The van der Waals surface area contributed by atoms with E-state index >= 15 is 26.3 Å². The number of benzene rings is 4. The van der Waals surface area contributed by atoms with Crippen LogP contribution in [0.4, 0.5) is 65.9 Å². The maximum absolute atomic E-state index is 15.1. The lowest BCUT2D eigenvalue weighted by Gasteiger charge is -2.32. The Labute approximate surface area is 277 Å². The van der Waals surface area contributed by atoms with E-state index in [2.05, 4.69) is 0 Å². The van der Waals surface area contributed by atoms with E-state index in [0.29, 0.717) is 0 Å². The van der Waals surface area contributed by atoms with Gasteiger partial charge in [0, 0.05) is 0 Å². The minimum atomic E-state index is -3.12. The van der Waals surface area contributed by atoms with Crippen LogP contribution in [-0.4, -0.2) is 15.3 Å². The molecule has 18 heteroatoms. The highest BCUT2D eigenvalue weighted by atomic mass is 19.2. The van der Waals surface area contributed by atoms with E-state index in [1.165, 1.54) is 0 Å². The van der Waals surface area contributed by atoms with Crippen molar-refractivity contribution in [1.29, 1.82) is 0 Å². The number of aliphatic hydroxyl groups excluding tert-OH is 3. The standard InChI is InChI=1S/C33H21F15O3/c1-4-7-10(31(49)13-16(34)22(40)28(46)23(41)17(13)35)8(5-2)12(33(51)15-20(38)26(44)30(48)27(45)21(15)39)9(6-3)11(7)32(50)14-18(36)24(42)29(47)25(43)19(14)37/h31-33,49-51H,4-6H2,1-3H3. The lowest BCUT2D eigenvalue weighted by Crippen LogP contribution is -2.24. The maximum Gasteiger partial charge on any atom is 0.200 e. The van der Waals surface area contributed by atoms with E-state index in [1.807, 2.05) is 0 Å². The molecular weight excluding hydrogens is 729 g/mol. The first-order valence-electron chi connectivity index (χ1n) is 14.5. The van der Waals surface area contributed by atoms with Gasteiger partial charge in [0.2, 0.25) is 17.5 Å². The van der Waals surface area contributed by atoms with Gasteiger partial charge < -0.3 is 15.3 Å². The van der Waals surface area contributed by atoms with Crippen molar-refractivity contribution in [3.8, 4) is 0 Å². The van der Waals surface area contributed by atoms with Gasteiger partial charge in [0.15, 0.2) is 69.8 Å². The molecule has 0 fully saturated rings. The van der Waals surface area contributed by atoms with Crippen LogP contribution in [0.3, 0.4) is 0 Å². The second-order valence-electron chi connectivity index (χ2n) is 10.9. The van der Waals surface area contributed by atoms with Gasteiger partial charge in [-0.2, -0.15) is 0 Å². The van der Waals surface area contributed by atoms with E-state index in [0.717, 1.165) is 20.8 Å². The predicted molar refractivity (Wildman–Crippen MR) is 145 cm³/mol. The summed E-state index contributed by atoms with van der Waals surface area (Å²) in [5.74, 6) is -39.7. The van der Waals surface area contributed by atoms with Crippen molar-refractivity contribution in [3.63, 3.8) is 0 Å². The van der Waals surface area contributed by atoms with Gasteiger partial charge in [0.05, 0.1) is 16.7 Å². The average Bonchev–Trinajstić information content (AvgIpc) is 3.11. The Morgan fingerprint density at radius 1 is 0.275 bits per heavy atom. The molecule has 0 spiro atoms. The summed E-state index contributed by atoms with van der Waals surface area (Å²) in [6, 6.07) is 0. The van der Waals surface area contributed by atoms with Crippen LogP contribution in [0, 0.1) is 87.3 Å². The Bertz CT molecular complexity index is 1740. The molecule has 0 aromatic heterocycles. The monoisotopic (exact) mass is 750 g/mol. The van der Waals surface area contributed by atoms with Crippen molar-refractivity contribution in [2.45, 2.75) is 58.3 Å². The summed E-state index contributed by atoms with van der Waals surface area (Å²) in [5.41, 5.74) is -11.6. The first-order valence-corrected chi connectivity index (χ1v) is 14.5. The van der Waals surface area contributed by atoms with Gasteiger partial charge in [-0.25, -0.2) is 65.9 Å². The number of hydrogen-bond donors (Lipinski definition) is 3. The Kier molecular flexibility index (Phi) is 11.1. The molecule has 4 aromatic rings. The van der Waals surface area contributed by atoms with Crippen LogP contribution in [0.1, 0.15) is 89.2 Å². The second kappa shape index (κ2) is 14.4. The summed E-state index contributed by atoms with van der Waals surface area (Å²) in [4.78, 5) is 0. The average molecular weight is 750 g/mol. The van der Waals surface area contributed by atoms with E-state index in [9.17, 15) is 54.8 Å². The highest BCUT2D eigenvalue weighted by Crippen LogP contribution is 2.47. The molecule has 276 valence electrons. The van der Waals surface area contributed by atoms with Crippen molar-refractivity contribution < 1.29 is 81.2 Å². The molecule has 3 nitrogen and oxygen atoms in total. The summed E-state index contributed by atoms with van der Waals surface area (Å²) in [7, 11) is 0. The quantitative estimate of drug-likeness (QED) is 0.0912. The summed E-state index contributed by atoms with van der Waals surface area (Å²) in [5, 5.41) is 34.1. The molecule has 3 N–H and O–H groups in total. The fraction of sp³-hybridized carbons (Fsp3) is 0.273. The molecule has 0 saturated heterocycles. The fourth-order valence-corrected chi connectivity index (χ4v) is 6.13. The van der Waals surface area contributed by atoms with Crippen molar-refractivity contribution in [2.75, 3.05) is 0 Å². The Morgan fingerprint density at radius 2 is 0.412 bits per heavy atom. The summed E-state index contributed by atoms with van der Waals surface area (Å²) in [6.45, 7) is 3.29. The third-order valence-electron chi connectivity index (χ3n) is 8.38. The topological polar surface area (TPSA) is 60.7 Å². The third-order valence-corrected chi connectivity index (χ3v) is 8.38. The van der Waals surface area contributed by atoms with Crippen LogP contribution in [0.5, 0.6) is 0 Å². The van der Waals surface area contributed by atoms with Gasteiger partial charge >= 0.3 is 0 Å². The Balaban J connectivity index is 2.32. The Morgan fingerprint density at radius 3 is 0.549 bits per heavy atom. The van der Waals surface area contributed by atoms with Crippen molar-refractivity contribution in [3.05, 3.63) is 137 Å². The first-order chi connectivity index (χ1) is 23.7. The van der Waals surface area contributed by atoms with Crippen LogP contribution in [-0.2, 0) is 19.3 Å². The zero-order chi connectivity index (χ0) is 38.7. The van der Waals surface area contributed by atoms with E-state index < -0.39 is 175 Å². The molecular formula is C33H21F15O3. The van der Waals surface area contributed by atoms with E-state index in [1.54, 1.807) is 0 Å². The fourth-order valence-electron chi connectivity index (χ4n) is 6.13. The highest BCUT2D eigenvalue weighted by Gasteiger charge is 2.40. The smallest absolute Gasteiger partial charge is 0.200 e. The van der Waals surface area contributed by atoms with Gasteiger partial charge in [0.1, 0.15) is 18.3 Å². The SMILES string of the molecule is CCc1c(C(O)c2c(F)c(F)c(F)c(F)c2F)c(CC)c(C(O)c2c(F)c(F)c(F)c(F)c2F)c(CC)c1C(O)c1c(F)c(F)c(F)c(F)c1F. The predicted octanol–water partition coefficient (Wildman–Crippen LogP) is 8.71. The summed E-state index contributed by atoms with van der Waals surface area (Å²) < 4.78 is 218. The van der Waals surface area contributed by atoms with Crippen molar-refractivity contribution in [2.24, 2.45) is 0 Å². The molecule has 4 aromatic carbocycles. The van der Waals surface area contributed by atoms with Gasteiger partial charge in [-0.15, -0.1) is 0 Å². The molecule has 0 aliphatic carbocycles. The maximum atomic E-state index is 15.1. The molecule has 4 rings (SSSR count). The van der Waals surface area contributed by atoms with Crippen molar-refractivity contribution >= 4 is 0 Å². The third kappa shape index (κ3) is 5.90. The van der Waals surface area contributed by atoms with E-state index in [-0.39, 0.29) is 0 Å². The number of hydrogen-bond acceptors (Lipinski definition) is 3. The molecule has 0 radical (unpaired) electrons. The molecule has 0 aliphatic rings. The molecule has 0 heterocycles. The molecule has 0 amide bonds. The number of halogens is 15. The zero-order valence-electron chi connectivity index (χ0n) is 25.9. The van der Waals surface area contributed by atoms with Crippen LogP contribution in [0.25, 0.3) is 0 Å². The number of rotatable bonds is 9. The van der Waals surface area contributed by atoms with Gasteiger partial charge in [-0.1, -0.05) is 20.8 Å². The van der Waals surface area contributed by atoms with Crippen LogP contribution in [0.2, 0.25) is 0 Å². The molecule has 51 heavy (non-hydrogen) atoms.